The summed E-state index contributed by atoms with van der Waals surface area (Å²) in [4.78, 5) is 1.08. The third kappa shape index (κ3) is 2.33. The van der Waals surface area contributed by atoms with Gasteiger partial charge in [0, 0.05) is 11.5 Å². The molecule has 1 aromatic heterocycles. The normalized spacial score (nSPS) is 28.9. The Morgan fingerprint density at radius 1 is 1.47 bits per heavy atom. The van der Waals surface area contributed by atoms with E-state index in [0.717, 1.165) is 28.1 Å². The highest BCUT2D eigenvalue weighted by Gasteiger charge is 2.44. The summed E-state index contributed by atoms with van der Waals surface area (Å²) in [6.07, 6.45) is 5.36. The highest BCUT2D eigenvalue weighted by Crippen LogP contribution is 2.47. The van der Waals surface area contributed by atoms with E-state index < -0.39 is 0 Å². The molecular weight excluding hydrogens is 300 g/mol. The minimum atomic E-state index is -0.312. The van der Waals surface area contributed by atoms with Crippen molar-refractivity contribution in [3.63, 3.8) is 0 Å². The van der Waals surface area contributed by atoms with E-state index in [1.807, 2.05) is 12.1 Å². The quantitative estimate of drug-likeness (QED) is 0.896. The minimum absolute atomic E-state index is 0.123. The van der Waals surface area contributed by atoms with Crippen LogP contribution < -0.4 is 0 Å². The Labute approximate surface area is 114 Å². The second-order valence-corrected chi connectivity index (χ2v) is 7.72. The van der Waals surface area contributed by atoms with Gasteiger partial charge in [-0.15, -0.1) is 11.3 Å². The van der Waals surface area contributed by atoms with Crippen molar-refractivity contribution in [1.29, 1.82) is 0 Å². The summed E-state index contributed by atoms with van der Waals surface area (Å²) < 4.78 is 7.00. The fourth-order valence-corrected chi connectivity index (χ4v) is 4.48. The van der Waals surface area contributed by atoms with Gasteiger partial charge < -0.3 is 9.84 Å². The van der Waals surface area contributed by atoms with Gasteiger partial charge in [-0.25, -0.2) is 0 Å². The highest BCUT2D eigenvalue weighted by atomic mass is 79.9. The lowest BCUT2D eigenvalue weighted by atomic mass is 9.71. The second-order valence-electron chi connectivity index (χ2n) is 5.22. The molecule has 17 heavy (non-hydrogen) atoms. The summed E-state index contributed by atoms with van der Waals surface area (Å²) in [6.45, 7) is 0.814. The number of ether oxygens (including phenoxy) is 1. The van der Waals surface area contributed by atoms with Crippen LogP contribution in [0.15, 0.2) is 15.9 Å². The number of hydrogen-bond donors (Lipinski definition) is 1. The van der Waals surface area contributed by atoms with Crippen LogP contribution in [0.2, 0.25) is 0 Å². The van der Waals surface area contributed by atoms with Crippen LogP contribution in [-0.4, -0.2) is 17.3 Å². The number of thiophene rings is 1. The zero-order chi connectivity index (χ0) is 11.9. The maximum atomic E-state index is 10.4. The van der Waals surface area contributed by atoms with Gasteiger partial charge in [-0.3, -0.25) is 0 Å². The maximum Gasteiger partial charge on any atom is 0.0912 e. The minimum Gasteiger partial charge on any atom is -0.387 e. The molecule has 2 atom stereocenters. The fraction of sp³-hybridized carbons (Fsp3) is 0.692. The van der Waals surface area contributed by atoms with E-state index in [9.17, 15) is 5.11 Å². The van der Waals surface area contributed by atoms with Crippen LogP contribution in [0, 0.1) is 5.92 Å². The number of rotatable bonds is 2. The first kappa shape index (κ1) is 12.2. The zero-order valence-electron chi connectivity index (χ0n) is 9.69. The molecule has 1 aromatic rings. The molecule has 3 rings (SSSR count). The largest absolute Gasteiger partial charge is 0.387 e. The topological polar surface area (TPSA) is 29.5 Å². The maximum absolute atomic E-state index is 10.4. The monoisotopic (exact) mass is 316 g/mol. The molecule has 94 valence electrons. The summed E-state index contributed by atoms with van der Waals surface area (Å²) in [5, 5.41) is 10.4. The molecule has 1 saturated carbocycles. The van der Waals surface area contributed by atoms with Gasteiger partial charge in [0.1, 0.15) is 0 Å². The molecular formula is C13H17BrO2S. The van der Waals surface area contributed by atoms with Crippen molar-refractivity contribution in [2.75, 3.05) is 6.61 Å². The molecule has 0 radical (unpaired) electrons. The van der Waals surface area contributed by atoms with Crippen LogP contribution in [0.4, 0.5) is 0 Å². The van der Waals surface area contributed by atoms with Crippen LogP contribution in [0.5, 0.6) is 0 Å². The van der Waals surface area contributed by atoms with Crippen molar-refractivity contribution < 1.29 is 9.84 Å². The number of aliphatic hydroxyl groups is 1. The van der Waals surface area contributed by atoms with Crippen molar-refractivity contribution in [1.82, 2.24) is 0 Å². The molecule has 4 heteroatoms. The molecule has 1 saturated heterocycles. The third-order valence-electron chi connectivity index (χ3n) is 4.13. The first-order valence-corrected chi connectivity index (χ1v) is 7.87. The molecule has 2 unspecified atom stereocenters. The molecule has 0 bridgehead atoms. The Morgan fingerprint density at radius 2 is 2.29 bits per heavy atom. The summed E-state index contributed by atoms with van der Waals surface area (Å²) >= 11 is 5.10. The Bertz CT molecular complexity index is 400. The lowest BCUT2D eigenvalue weighted by Crippen LogP contribution is -2.46. The average molecular weight is 317 g/mol. The molecule has 1 N–H and O–H groups in total. The Balaban J connectivity index is 1.71. The molecule has 0 aromatic carbocycles. The van der Waals surface area contributed by atoms with Crippen LogP contribution >= 0.6 is 27.3 Å². The summed E-state index contributed by atoms with van der Waals surface area (Å²) in [5.41, 5.74) is 0.123. The van der Waals surface area contributed by atoms with E-state index in [2.05, 4.69) is 15.9 Å². The number of halogens is 1. The molecule has 2 aliphatic rings. The van der Waals surface area contributed by atoms with Gasteiger partial charge in [-0.05, 0) is 66.1 Å². The van der Waals surface area contributed by atoms with E-state index in [4.69, 9.17) is 4.74 Å². The summed E-state index contributed by atoms with van der Waals surface area (Å²) in [7, 11) is 0. The first-order chi connectivity index (χ1) is 8.19. The lowest BCUT2D eigenvalue weighted by molar-refractivity contribution is -0.157. The van der Waals surface area contributed by atoms with Crippen LogP contribution in [-0.2, 0) is 4.74 Å². The van der Waals surface area contributed by atoms with E-state index in [1.165, 1.54) is 19.3 Å². The third-order valence-corrected chi connectivity index (χ3v) is 5.82. The van der Waals surface area contributed by atoms with Crippen LogP contribution in [0.1, 0.15) is 43.1 Å². The van der Waals surface area contributed by atoms with E-state index in [-0.39, 0.29) is 11.7 Å². The average Bonchev–Trinajstić information content (AvgIpc) is 2.73. The van der Waals surface area contributed by atoms with Crippen molar-refractivity contribution in [3.8, 4) is 0 Å². The van der Waals surface area contributed by atoms with Crippen molar-refractivity contribution >= 4 is 27.3 Å². The Kier molecular flexibility index (Phi) is 3.32. The molecule has 2 fully saturated rings. The molecule has 0 amide bonds. The van der Waals surface area contributed by atoms with Gasteiger partial charge in [0.05, 0.1) is 15.5 Å². The highest BCUT2D eigenvalue weighted by molar-refractivity contribution is 9.11. The van der Waals surface area contributed by atoms with E-state index in [1.54, 1.807) is 11.3 Å². The number of hydrogen-bond acceptors (Lipinski definition) is 3. The SMILES string of the molecule is OC(c1ccc(Br)s1)C1CCOC2(CCC2)C1. The Hall–Kier alpha value is 0.1000. The fourth-order valence-electron chi connectivity index (χ4n) is 2.97. The van der Waals surface area contributed by atoms with Crippen molar-refractivity contribution in [2.45, 2.75) is 43.8 Å². The molecule has 2 heterocycles. The zero-order valence-corrected chi connectivity index (χ0v) is 12.1. The van der Waals surface area contributed by atoms with Gasteiger partial charge in [-0.2, -0.15) is 0 Å². The predicted octanol–water partition coefficient (Wildman–Crippen LogP) is 3.89. The van der Waals surface area contributed by atoms with Gasteiger partial charge in [0.15, 0.2) is 0 Å². The summed E-state index contributed by atoms with van der Waals surface area (Å²) in [6, 6.07) is 4.05. The predicted molar refractivity (Wildman–Crippen MR) is 72.2 cm³/mol. The van der Waals surface area contributed by atoms with E-state index >= 15 is 0 Å². The molecule has 1 aliphatic heterocycles. The van der Waals surface area contributed by atoms with Crippen LogP contribution in [0.25, 0.3) is 0 Å². The van der Waals surface area contributed by atoms with Gasteiger partial charge in [0.2, 0.25) is 0 Å². The van der Waals surface area contributed by atoms with E-state index in [0.29, 0.717) is 5.92 Å². The summed E-state index contributed by atoms with van der Waals surface area (Å²) in [5.74, 6) is 0.370. The molecule has 2 nitrogen and oxygen atoms in total. The standard InChI is InChI=1S/C13H17BrO2S/c14-11-3-2-10(17-11)12(15)9-4-7-16-13(8-9)5-1-6-13/h2-3,9,12,15H,1,4-8H2. The smallest absolute Gasteiger partial charge is 0.0912 e. The number of aliphatic hydroxyl groups excluding tert-OH is 1. The van der Waals surface area contributed by atoms with Gasteiger partial charge >= 0.3 is 0 Å². The van der Waals surface area contributed by atoms with Crippen molar-refractivity contribution in [2.24, 2.45) is 5.92 Å². The van der Waals surface area contributed by atoms with Crippen molar-refractivity contribution in [3.05, 3.63) is 20.8 Å². The first-order valence-electron chi connectivity index (χ1n) is 6.26. The second kappa shape index (κ2) is 4.65. The van der Waals surface area contributed by atoms with Gasteiger partial charge in [-0.1, -0.05) is 0 Å². The lowest BCUT2D eigenvalue weighted by Gasteiger charge is -2.48. The molecule has 1 aliphatic carbocycles. The van der Waals surface area contributed by atoms with Crippen LogP contribution in [0.3, 0.4) is 0 Å². The Morgan fingerprint density at radius 3 is 2.88 bits per heavy atom. The van der Waals surface area contributed by atoms with Gasteiger partial charge in [0.25, 0.3) is 0 Å². The molecule has 1 spiro atoms.